The molecule has 2 rings (SSSR count). The zero-order chi connectivity index (χ0) is 13.1. The first-order valence-electron chi connectivity index (χ1n) is 6.70. The number of aryl methyl sites for hydroxylation is 2. The maximum atomic E-state index is 12.2. The van der Waals surface area contributed by atoms with Gasteiger partial charge in [0.25, 0.3) is 0 Å². The Morgan fingerprint density at radius 3 is 2.89 bits per heavy atom. The van der Waals surface area contributed by atoms with E-state index in [2.05, 4.69) is 44.3 Å². The van der Waals surface area contributed by atoms with Crippen LogP contribution in [-0.4, -0.2) is 29.9 Å². The van der Waals surface area contributed by atoms with E-state index in [1.165, 1.54) is 16.7 Å². The highest BCUT2D eigenvalue weighted by Crippen LogP contribution is 2.15. The van der Waals surface area contributed by atoms with Crippen LogP contribution < -0.4 is 5.32 Å². The number of nitrogens with zero attached hydrogens (tertiary/aromatic N) is 1. The molecule has 1 N–H and O–H groups in total. The summed E-state index contributed by atoms with van der Waals surface area (Å²) in [6.45, 7) is 8.70. The van der Waals surface area contributed by atoms with Crippen LogP contribution in [0.5, 0.6) is 0 Å². The van der Waals surface area contributed by atoms with Crippen LogP contribution in [0.1, 0.15) is 30.0 Å². The Bertz CT molecular complexity index is 442. The third kappa shape index (κ3) is 2.72. The van der Waals surface area contributed by atoms with Gasteiger partial charge < -0.3 is 10.2 Å². The topological polar surface area (TPSA) is 32.3 Å². The molecule has 1 aliphatic rings. The number of carbonyl (C=O) groups is 1. The molecule has 1 aromatic rings. The molecule has 3 nitrogen and oxygen atoms in total. The van der Waals surface area contributed by atoms with Gasteiger partial charge in [-0.15, -0.1) is 0 Å². The van der Waals surface area contributed by atoms with E-state index in [4.69, 9.17) is 0 Å². The van der Waals surface area contributed by atoms with Gasteiger partial charge in [0, 0.05) is 19.6 Å². The zero-order valence-electron chi connectivity index (χ0n) is 11.5. The lowest BCUT2D eigenvalue weighted by Crippen LogP contribution is -2.54. The van der Waals surface area contributed by atoms with Crippen molar-refractivity contribution >= 4 is 5.91 Å². The number of rotatable bonds is 3. The molecule has 1 aliphatic heterocycles. The summed E-state index contributed by atoms with van der Waals surface area (Å²) in [5.74, 6) is 0.240. The standard InChI is InChI=1S/C15H22N2O/c1-4-14-15(18)17(8-7-16-14)10-13-9-11(2)5-6-12(13)3/h5-6,9,14,16H,4,7-8,10H2,1-3H3. The van der Waals surface area contributed by atoms with Crippen molar-refractivity contribution in [3.8, 4) is 0 Å². The third-order valence-corrected chi connectivity index (χ3v) is 3.66. The third-order valence-electron chi connectivity index (χ3n) is 3.66. The largest absolute Gasteiger partial charge is 0.336 e. The molecule has 1 saturated heterocycles. The fourth-order valence-electron chi connectivity index (χ4n) is 2.44. The fourth-order valence-corrected chi connectivity index (χ4v) is 2.44. The Morgan fingerprint density at radius 2 is 2.17 bits per heavy atom. The van der Waals surface area contributed by atoms with Gasteiger partial charge in [-0.1, -0.05) is 30.7 Å². The highest BCUT2D eigenvalue weighted by molar-refractivity contribution is 5.82. The van der Waals surface area contributed by atoms with Gasteiger partial charge in [0.2, 0.25) is 5.91 Å². The zero-order valence-corrected chi connectivity index (χ0v) is 11.5. The van der Waals surface area contributed by atoms with Crippen molar-refractivity contribution in [3.63, 3.8) is 0 Å². The summed E-state index contributed by atoms with van der Waals surface area (Å²) in [4.78, 5) is 14.2. The van der Waals surface area contributed by atoms with Gasteiger partial charge in [0.05, 0.1) is 6.04 Å². The van der Waals surface area contributed by atoms with Crippen LogP contribution in [0.3, 0.4) is 0 Å². The van der Waals surface area contributed by atoms with Gasteiger partial charge in [-0.05, 0) is 31.4 Å². The monoisotopic (exact) mass is 246 g/mol. The number of hydrogen-bond donors (Lipinski definition) is 1. The first-order chi connectivity index (χ1) is 8.61. The molecular weight excluding hydrogens is 224 g/mol. The second kappa shape index (κ2) is 5.53. The summed E-state index contributed by atoms with van der Waals surface area (Å²) in [5.41, 5.74) is 3.78. The van der Waals surface area contributed by atoms with Crippen LogP contribution >= 0.6 is 0 Å². The lowest BCUT2D eigenvalue weighted by Gasteiger charge is -2.33. The van der Waals surface area contributed by atoms with Crippen LogP contribution in [0.25, 0.3) is 0 Å². The van der Waals surface area contributed by atoms with Crippen molar-refractivity contribution < 1.29 is 4.79 Å². The van der Waals surface area contributed by atoms with Crippen molar-refractivity contribution in [2.75, 3.05) is 13.1 Å². The Kier molecular flexibility index (Phi) is 4.02. The van der Waals surface area contributed by atoms with Gasteiger partial charge in [-0.25, -0.2) is 0 Å². The van der Waals surface area contributed by atoms with Crippen molar-refractivity contribution in [3.05, 3.63) is 34.9 Å². The molecule has 1 atom stereocenters. The van der Waals surface area contributed by atoms with Gasteiger partial charge in [0.15, 0.2) is 0 Å². The first kappa shape index (κ1) is 13.1. The number of carbonyl (C=O) groups excluding carboxylic acids is 1. The Labute approximate surface area is 109 Å². The van der Waals surface area contributed by atoms with Gasteiger partial charge in [0.1, 0.15) is 0 Å². The fraction of sp³-hybridized carbons (Fsp3) is 0.533. The van der Waals surface area contributed by atoms with Gasteiger partial charge >= 0.3 is 0 Å². The molecular formula is C15H22N2O. The smallest absolute Gasteiger partial charge is 0.240 e. The van der Waals surface area contributed by atoms with Crippen molar-refractivity contribution in [2.24, 2.45) is 0 Å². The minimum Gasteiger partial charge on any atom is -0.336 e. The quantitative estimate of drug-likeness (QED) is 0.885. The van der Waals surface area contributed by atoms with Crippen LogP contribution in [0.15, 0.2) is 18.2 Å². The summed E-state index contributed by atoms with van der Waals surface area (Å²) < 4.78 is 0. The highest BCUT2D eigenvalue weighted by Gasteiger charge is 2.26. The molecule has 1 amide bonds. The number of nitrogens with one attached hydrogen (secondary N) is 1. The lowest BCUT2D eigenvalue weighted by molar-refractivity contribution is -0.136. The van der Waals surface area contributed by atoms with E-state index < -0.39 is 0 Å². The molecule has 18 heavy (non-hydrogen) atoms. The van der Waals surface area contributed by atoms with Gasteiger partial charge in [-0.3, -0.25) is 4.79 Å². The van der Waals surface area contributed by atoms with Crippen molar-refractivity contribution in [1.29, 1.82) is 0 Å². The maximum absolute atomic E-state index is 12.2. The first-order valence-corrected chi connectivity index (χ1v) is 6.70. The van der Waals surface area contributed by atoms with E-state index >= 15 is 0 Å². The molecule has 0 bridgehead atoms. The molecule has 3 heteroatoms. The molecule has 0 radical (unpaired) electrons. The Hall–Kier alpha value is -1.35. The predicted octanol–water partition coefficient (Wildman–Crippen LogP) is 2.01. The van der Waals surface area contributed by atoms with Gasteiger partial charge in [-0.2, -0.15) is 0 Å². The average molecular weight is 246 g/mol. The number of benzene rings is 1. The maximum Gasteiger partial charge on any atom is 0.240 e. The van der Waals surface area contributed by atoms with E-state index in [0.717, 1.165) is 26.1 Å². The van der Waals surface area contributed by atoms with E-state index in [-0.39, 0.29) is 11.9 Å². The molecule has 98 valence electrons. The molecule has 1 unspecified atom stereocenters. The molecule has 1 heterocycles. The summed E-state index contributed by atoms with van der Waals surface area (Å²) >= 11 is 0. The predicted molar refractivity (Wildman–Crippen MR) is 73.4 cm³/mol. The SMILES string of the molecule is CCC1NCCN(Cc2cc(C)ccc2C)C1=O. The molecule has 0 aliphatic carbocycles. The van der Waals surface area contributed by atoms with Crippen LogP contribution in [0.2, 0.25) is 0 Å². The highest BCUT2D eigenvalue weighted by atomic mass is 16.2. The number of piperazine rings is 1. The summed E-state index contributed by atoms with van der Waals surface area (Å²) in [6.07, 6.45) is 0.863. The molecule has 0 aromatic heterocycles. The van der Waals surface area contributed by atoms with Crippen molar-refractivity contribution in [2.45, 2.75) is 39.8 Å². The van der Waals surface area contributed by atoms with E-state index in [0.29, 0.717) is 0 Å². The average Bonchev–Trinajstić information content (AvgIpc) is 2.36. The number of amides is 1. The summed E-state index contributed by atoms with van der Waals surface area (Å²) in [7, 11) is 0. The molecule has 0 spiro atoms. The molecule has 0 saturated carbocycles. The number of hydrogen-bond acceptors (Lipinski definition) is 2. The van der Waals surface area contributed by atoms with Crippen LogP contribution in [0, 0.1) is 13.8 Å². The minimum absolute atomic E-state index is 0.00358. The molecule has 1 aromatic carbocycles. The minimum atomic E-state index is 0.00358. The summed E-state index contributed by atoms with van der Waals surface area (Å²) in [5, 5.41) is 3.27. The molecule has 1 fully saturated rings. The van der Waals surface area contributed by atoms with E-state index in [9.17, 15) is 4.79 Å². The van der Waals surface area contributed by atoms with E-state index in [1.807, 2.05) is 4.90 Å². The van der Waals surface area contributed by atoms with Crippen LogP contribution in [0.4, 0.5) is 0 Å². The Morgan fingerprint density at radius 1 is 1.39 bits per heavy atom. The second-order valence-electron chi connectivity index (χ2n) is 5.10. The lowest BCUT2D eigenvalue weighted by atomic mass is 10.0. The summed E-state index contributed by atoms with van der Waals surface area (Å²) in [6, 6.07) is 6.44. The van der Waals surface area contributed by atoms with Crippen LogP contribution in [-0.2, 0) is 11.3 Å². The second-order valence-corrected chi connectivity index (χ2v) is 5.10. The Balaban J connectivity index is 2.13. The van der Waals surface area contributed by atoms with E-state index in [1.54, 1.807) is 0 Å². The van der Waals surface area contributed by atoms with Crippen molar-refractivity contribution in [1.82, 2.24) is 10.2 Å². The normalized spacial score (nSPS) is 20.3.